The molecule has 0 aliphatic carbocycles. The molecule has 0 spiro atoms. The largest absolute Gasteiger partial charge is 0.326 e. The molecule has 1 aromatic rings. The van der Waals surface area contributed by atoms with Crippen LogP contribution in [0.1, 0.15) is 51.6 Å². The minimum atomic E-state index is -0.191. The molecule has 2 unspecified atom stereocenters. The fraction of sp³-hybridized carbons (Fsp3) is 0.625. The van der Waals surface area contributed by atoms with E-state index >= 15 is 0 Å². The van der Waals surface area contributed by atoms with Gasteiger partial charge in [0.05, 0.1) is 0 Å². The summed E-state index contributed by atoms with van der Waals surface area (Å²) >= 11 is 0. The zero-order valence-electron chi connectivity index (χ0n) is 12.6. The summed E-state index contributed by atoms with van der Waals surface area (Å²) in [6.45, 7) is 6.45. The van der Waals surface area contributed by atoms with Gasteiger partial charge in [-0.25, -0.2) is 4.39 Å². The van der Waals surface area contributed by atoms with E-state index in [9.17, 15) is 4.39 Å². The lowest BCUT2D eigenvalue weighted by molar-refractivity contribution is 0.140. The molecule has 1 aromatic carbocycles. The summed E-state index contributed by atoms with van der Waals surface area (Å²) in [5, 5.41) is 0. The maximum absolute atomic E-state index is 13.5. The summed E-state index contributed by atoms with van der Waals surface area (Å²) in [5.74, 6) is -0.191. The van der Waals surface area contributed by atoms with Crippen molar-refractivity contribution in [2.24, 2.45) is 5.73 Å². The van der Waals surface area contributed by atoms with Crippen molar-refractivity contribution >= 4 is 0 Å². The van der Waals surface area contributed by atoms with Crippen LogP contribution in [0.25, 0.3) is 0 Å². The molecule has 108 valence electrons. The Kier molecular flexibility index (Phi) is 6.46. The van der Waals surface area contributed by atoms with E-state index in [0.717, 1.165) is 24.8 Å². The van der Waals surface area contributed by atoms with Gasteiger partial charge in [-0.2, -0.15) is 0 Å². The fourth-order valence-corrected chi connectivity index (χ4v) is 2.79. The lowest BCUT2D eigenvalue weighted by Gasteiger charge is -2.37. The molecule has 3 heteroatoms. The van der Waals surface area contributed by atoms with Gasteiger partial charge in [-0.1, -0.05) is 32.9 Å². The number of nitrogens with two attached hydrogens (primary N) is 1. The zero-order chi connectivity index (χ0) is 14.4. The minimum Gasteiger partial charge on any atom is -0.326 e. The average Bonchev–Trinajstić information content (AvgIpc) is 2.40. The number of benzene rings is 1. The van der Waals surface area contributed by atoms with Crippen molar-refractivity contribution < 1.29 is 4.39 Å². The number of halogens is 1. The van der Waals surface area contributed by atoms with Crippen LogP contribution in [0.15, 0.2) is 24.3 Å². The minimum absolute atomic E-state index is 0.0207. The van der Waals surface area contributed by atoms with E-state index in [0.29, 0.717) is 6.04 Å². The number of rotatable bonds is 7. The number of likely N-dealkylation sites (N-methyl/N-ethyl adjacent to an activating group) is 1. The summed E-state index contributed by atoms with van der Waals surface area (Å²) < 4.78 is 13.5. The first-order chi connectivity index (χ1) is 9.04. The quantitative estimate of drug-likeness (QED) is 0.815. The monoisotopic (exact) mass is 266 g/mol. The Morgan fingerprint density at radius 3 is 2.26 bits per heavy atom. The van der Waals surface area contributed by atoms with Gasteiger partial charge >= 0.3 is 0 Å². The number of hydrogen-bond donors (Lipinski definition) is 1. The van der Waals surface area contributed by atoms with Gasteiger partial charge in [0.2, 0.25) is 0 Å². The van der Waals surface area contributed by atoms with Crippen LogP contribution >= 0.6 is 0 Å². The number of nitrogens with zero attached hydrogens (tertiary/aromatic N) is 1. The molecule has 0 aliphatic rings. The van der Waals surface area contributed by atoms with Gasteiger partial charge in [0.1, 0.15) is 5.82 Å². The van der Waals surface area contributed by atoms with E-state index in [1.54, 1.807) is 12.1 Å². The predicted octanol–water partition coefficient (Wildman–Crippen LogP) is 3.72. The molecule has 2 atom stereocenters. The van der Waals surface area contributed by atoms with E-state index in [1.165, 1.54) is 6.07 Å². The SMILES string of the molecule is CCC(N)C(c1cccc(F)c1)N(C)C(CC)CC. The highest BCUT2D eigenvalue weighted by Crippen LogP contribution is 2.28. The van der Waals surface area contributed by atoms with Crippen molar-refractivity contribution in [3.63, 3.8) is 0 Å². The maximum atomic E-state index is 13.5. The van der Waals surface area contributed by atoms with Gasteiger partial charge in [-0.3, -0.25) is 4.90 Å². The van der Waals surface area contributed by atoms with Crippen molar-refractivity contribution in [2.75, 3.05) is 7.05 Å². The van der Waals surface area contributed by atoms with E-state index in [4.69, 9.17) is 5.73 Å². The molecular weight excluding hydrogens is 239 g/mol. The highest BCUT2D eigenvalue weighted by atomic mass is 19.1. The third-order valence-electron chi connectivity index (χ3n) is 4.02. The lowest BCUT2D eigenvalue weighted by atomic mass is 9.94. The lowest BCUT2D eigenvalue weighted by Crippen LogP contribution is -2.43. The summed E-state index contributed by atoms with van der Waals surface area (Å²) in [5.41, 5.74) is 7.26. The van der Waals surface area contributed by atoms with Crippen molar-refractivity contribution in [1.29, 1.82) is 0 Å². The molecule has 0 aliphatic heterocycles. The standard InChI is InChI=1S/C16H27FN2/c1-5-14(6-2)19(4)16(15(18)7-3)12-9-8-10-13(17)11-12/h8-11,14-16H,5-7,18H2,1-4H3. The second-order valence-corrected chi connectivity index (χ2v) is 5.21. The molecule has 2 nitrogen and oxygen atoms in total. The summed E-state index contributed by atoms with van der Waals surface area (Å²) in [6, 6.07) is 7.40. The Morgan fingerprint density at radius 1 is 1.16 bits per heavy atom. The Labute approximate surface area is 116 Å². The highest BCUT2D eigenvalue weighted by molar-refractivity contribution is 5.22. The molecule has 2 N–H and O–H groups in total. The van der Waals surface area contributed by atoms with E-state index < -0.39 is 0 Å². The van der Waals surface area contributed by atoms with Gasteiger partial charge in [-0.05, 0) is 44.0 Å². The first kappa shape index (κ1) is 16.1. The second-order valence-electron chi connectivity index (χ2n) is 5.21. The molecule has 0 heterocycles. The van der Waals surface area contributed by atoms with Gasteiger partial charge < -0.3 is 5.73 Å². The molecule has 0 bridgehead atoms. The zero-order valence-corrected chi connectivity index (χ0v) is 12.6. The van der Waals surface area contributed by atoms with Gasteiger partial charge in [0.15, 0.2) is 0 Å². The molecular formula is C16H27FN2. The molecule has 19 heavy (non-hydrogen) atoms. The normalized spacial score (nSPS) is 14.9. The van der Waals surface area contributed by atoms with E-state index in [-0.39, 0.29) is 17.9 Å². The Bertz CT molecular complexity index is 377. The maximum Gasteiger partial charge on any atom is 0.123 e. The van der Waals surface area contributed by atoms with Crippen LogP contribution in [0.3, 0.4) is 0 Å². The van der Waals surface area contributed by atoms with Gasteiger partial charge in [0.25, 0.3) is 0 Å². The van der Waals surface area contributed by atoms with Crippen LogP contribution in [0.2, 0.25) is 0 Å². The third-order valence-corrected chi connectivity index (χ3v) is 4.02. The van der Waals surface area contributed by atoms with Gasteiger partial charge in [0, 0.05) is 18.1 Å². The van der Waals surface area contributed by atoms with Crippen molar-refractivity contribution in [3.8, 4) is 0 Å². The van der Waals surface area contributed by atoms with E-state index in [1.807, 2.05) is 6.07 Å². The summed E-state index contributed by atoms with van der Waals surface area (Å²) in [4.78, 5) is 2.31. The first-order valence-electron chi connectivity index (χ1n) is 7.28. The molecule has 0 aromatic heterocycles. The molecule has 1 rings (SSSR count). The highest BCUT2D eigenvalue weighted by Gasteiger charge is 2.27. The Balaban J connectivity index is 3.07. The second kappa shape index (κ2) is 7.61. The van der Waals surface area contributed by atoms with Crippen molar-refractivity contribution in [3.05, 3.63) is 35.6 Å². The summed E-state index contributed by atoms with van der Waals surface area (Å²) in [7, 11) is 2.10. The van der Waals surface area contributed by atoms with Crippen molar-refractivity contribution in [2.45, 2.75) is 58.2 Å². The third kappa shape index (κ3) is 4.02. The van der Waals surface area contributed by atoms with Crippen LogP contribution in [0, 0.1) is 5.82 Å². The van der Waals surface area contributed by atoms with Gasteiger partial charge in [-0.15, -0.1) is 0 Å². The Morgan fingerprint density at radius 2 is 1.79 bits per heavy atom. The molecule has 0 fully saturated rings. The van der Waals surface area contributed by atoms with E-state index in [2.05, 4.69) is 32.7 Å². The van der Waals surface area contributed by atoms with Crippen LogP contribution < -0.4 is 5.73 Å². The smallest absolute Gasteiger partial charge is 0.123 e. The molecule has 0 radical (unpaired) electrons. The van der Waals surface area contributed by atoms with Crippen molar-refractivity contribution in [1.82, 2.24) is 4.90 Å². The fourth-order valence-electron chi connectivity index (χ4n) is 2.79. The molecule has 0 saturated carbocycles. The predicted molar refractivity (Wildman–Crippen MR) is 79.5 cm³/mol. The number of hydrogen-bond acceptors (Lipinski definition) is 2. The van der Waals surface area contributed by atoms with Crippen LogP contribution in [0.4, 0.5) is 4.39 Å². The van der Waals surface area contributed by atoms with Crippen LogP contribution in [-0.2, 0) is 0 Å². The van der Waals surface area contributed by atoms with Crippen LogP contribution in [-0.4, -0.2) is 24.0 Å². The summed E-state index contributed by atoms with van der Waals surface area (Å²) in [6.07, 6.45) is 3.04. The Hall–Kier alpha value is -0.930. The average molecular weight is 266 g/mol. The first-order valence-corrected chi connectivity index (χ1v) is 7.28. The molecule has 0 saturated heterocycles. The van der Waals surface area contributed by atoms with Crippen LogP contribution in [0.5, 0.6) is 0 Å². The topological polar surface area (TPSA) is 29.3 Å². The molecule has 0 amide bonds.